The zero-order valence-electron chi connectivity index (χ0n) is 15.4. The molecule has 2 aromatic carbocycles. The summed E-state index contributed by atoms with van der Waals surface area (Å²) >= 11 is 0. The maximum Gasteiger partial charge on any atom is 0.303 e. The molecule has 0 saturated heterocycles. The van der Waals surface area contributed by atoms with E-state index < -0.39 is 5.97 Å². The summed E-state index contributed by atoms with van der Waals surface area (Å²) in [5.74, 6) is -0.710. The number of unbranched alkanes of at least 4 members (excludes halogenated alkanes) is 4. The third kappa shape index (κ3) is 5.26. The molecule has 0 amide bonds. The Hall–Kier alpha value is -2.95. The van der Waals surface area contributed by atoms with Crippen LogP contribution in [-0.4, -0.2) is 26.1 Å². The number of hydrogen-bond donors (Lipinski definition) is 1. The van der Waals surface area contributed by atoms with Gasteiger partial charge in [-0.1, -0.05) is 85.1 Å². The molecule has 0 radical (unpaired) electrons. The first kappa shape index (κ1) is 18.8. The van der Waals surface area contributed by atoms with Crippen molar-refractivity contribution in [3.8, 4) is 22.5 Å². The van der Waals surface area contributed by atoms with Crippen molar-refractivity contribution in [3.63, 3.8) is 0 Å². The minimum Gasteiger partial charge on any atom is -0.481 e. The smallest absolute Gasteiger partial charge is 0.303 e. The molecular formula is C22H25N3O2. The molecule has 0 aliphatic rings. The van der Waals surface area contributed by atoms with Crippen LogP contribution in [-0.2, 0) is 11.3 Å². The van der Waals surface area contributed by atoms with Crippen molar-refractivity contribution in [2.45, 2.75) is 45.1 Å². The Balaban J connectivity index is 1.68. The molecule has 5 heteroatoms. The zero-order valence-corrected chi connectivity index (χ0v) is 15.4. The van der Waals surface area contributed by atoms with Crippen molar-refractivity contribution >= 4 is 5.97 Å². The van der Waals surface area contributed by atoms with Crippen LogP contribution in [0.2, 0.25) is 0 Å². The molecule has 0 bridgehead atoms. The minimum absolute atomic E-state index is 0.266. The lowest BCUT2D eigenvalue weighted by atomic mass is 10.0. The van der Waals surface area contributed by atoms with Gasteiger partial charge in [-0.15, -0.1) is 5.10 Å². The first-order valence-electron chi connectivity index (χ1n) is 9.52. The van der Waals surface area contributed by atoms with Crippen molar-refractivity contribution in [3.05, 3.63) is 60.7 Å². The van der Waals surface area contributed by atoms with Crippen molar-refractivity contribution in [2.24, 2.45) is 0 Å². The van der Waals surface area contributed by atoms with Gasteiger partial charge in [-0.05, 0) is 12.8 Å². The Morgan fingerprint density at radius 3 is 2.07 bits per heavy atom. The number of nitrogens with zero attached hydrogens (tertiary/aromatic N) is 3. The van der Waals surface area contributed by atoms with E-state index in [-0.39, 0.29) is 6.42 Å². The van der Waals surface area contributed by atoms with E-state index in [1.54, 1.807) is 0 Å². The second-order valence-corrected chi connectivity index (χ2v) is 6.65. The number of aromatic nitrogens is 3. The van der Waals surface area contributed by atoms with Gasteiger partial charge < -0.3 is 5.11 Å². The van der Waals surface area contributed by atoms with Crippen LogP contribution in [0.25, 0.3) is 22.5 Å². The van der Waals surface area contributed by atoms with Gasteiger partial charge in [-0.3, -0.25) is 4.79 Å². The van der Waals surface area contributed by atoms with E-state index in [0.717, 1.165) is 61.2 Å². The number of aliphatic carboxylic acids is 1. The number of hydrogen-bond acceptors (Lipinski definition) is 3. The molecular weight excluding hydrogens is 338 g/mol. The molecule has 0 aliphatic carbocycles. The van der Waals surface area contributed by atoms with Gasteiger partial charge >= 0.3 is 5.97 Å². The predicted octanol–water partition coefficient (Wildman–Crippen LogP) is 5.04. The summed E-state index contributed by atoms with van der Waals surface area (Å²) in [5, 5.41) is 17.6. The largest absolute Gasteiger partial charge is 0.481 e. The molecule has 1 aromatic heterocycles. The Kier molecular flexibility index (Phi) is 6.74. The molecule has 0 unspecified atom stereocenters. The highest BCUT2D eigenvalue weighted by Gasteiger charge is 2.16. The monoisotopic (exact) mass is 363 g/mol. The van der Waals surface area contributed by atoms with Gasteiger partial charge in [0.25, 0.3) is 0 Å². The van der Waals surface area contributed by atoms with E-state index in [2.05, 4.69) is 34.6 Å². The van der Waals surface area contributed by atoms with E-state index >= 15 is 0 Å². The third-order valence-electron chi connectivity index (χ3n) is 4.59. The Bertz CT molecular complexity index is 845. The molecule has 3 rings (SSSR count). The van der Waals surface area contributed by atoms with Crippen LogP contribution < -0.4 is 0 Å². The van der Waals surface area contributed by atoms with Gasteiger partial charge in [0.05, 0.1) is 5.69 Å². The van der Waals surface area contributed by atoms with E-state index in [1.165, 1.54) is 0 Å². The van der Waals surface area contributed by atoms with Gasteiger partial charge in [-0.2, -0.15) is 0 Å². The van der Waals surface area contributed by atoms with Crippen LogP contribution in [0, 0.1) is 0 Å². The van der Waals surface area contributed by atoms with Crippen molar-refractivity contribution in [2.75, 3.05) is 0 Å². The SMILES string of the molecule is O=C(O)CCCCCCCn1nnc(-c2ccccc2)c1-c1ccccc1. The van der Waals surface area contributed by atoms with Crippen LogP contribution in [0.3, 0.4) is 0 Å². The molecule has 1 N–H and O–H groups in total. The Morgan fingerprint density at radius 2 is 1.41 bits per heavy atom. The van der Waals surface area contributed by atoms with Crippen LogP contribution in [0.4, 0.5) is 0 Å². The fourth-order valence-corrected chi connectivity index (χ4v) is 3.21. The lowest BCUT2D eigenvalue weighted by Crippen LogP contribution is -2.03. The standard InChI is InChI=1S/C22H25N3O2/c26-20(27)16-10-2-1-3-11-17-25-22(19-14-8-5-9-15-19)21(23-24-25)18-12-6-4-7-13-18/h4-9,12-15H,1-3,10-11,16-17H2,(H,26,27). The highest BCUT2D eigenvalue weighted by atomic mass is 16.4. The highest BCUT2D eigenvalue weighted by molar-refractivity contribution is 5.77. The summed E-state index contributed by atoms with van der Waals surface area (Å²) in [6.07, 6.45) is 5.10. The van der Waals surface area contributed by atoms with Gasteiger partial charge in [0, 0.05) is 24.1 Å². The topological polar surface area (TPSA) is 68.0 Å². The van der Waals surface area contributed by atoms with E-state index in [4.69, 9.17) is 5.11 Å². The molecule has 3 aromatic rings. The van der Waals surface area contributed by atoms with Crippen LogP contribution in [0.5, 0.6) is 0 Å². The quantitative estimate of drug-likeness (QED) is 0.513. The van der Waals surface area contributed by atoms with Crippen molar-refractivity contribution < 1.29 is 9.90 Å². The Labute approximate surface area is 159 Å². The lowest BCUT2D eigenvalue weighted by Gasteiger charge is -2.09. The molecule has 0 fully saturated rings. The minimum atomic E-state index is -0.710. The normalized spacial score (nSPS) is 10.8. The number of carboxylic acids is 1. The van der Waals surface area contributed by atoms with Crippen molar-refractivity contribution in [1.29, 1.82) is 0 Å². The zero-order chi connectivity index (χ0) is 18.9. The molecule has 5 nitrogen and oxygen atoms in total. The van der Waals surface area contributed by atoms with Gasteiger partial charge in [0.2, 0.25) is 0 Å². The Morgan fingerprint density at radius 1 is 0.815 bits per heavy atom. The fourth-order valence-electron chi connectivity index (χ4n) is 3.21. The van der Waals surface area contributed by atoms with E-state index in [9.17, 15) is 4.79 Å². The second kappa shape index (κ2) is 9.67. The predicted molar refractivity (Wildman–Crippen MR) is 106 cm³/mol. The molecule has 0 aliphatic heterocycles. The lowest BCUT2D eigenvalue weighted by molar-refractivity contribution is -0.137. The fraction of sp³-hybridized carbons (Fsp3) is 0.318. The third-order valence-corrected chi connectivity index (χ3v) is 4.59. The second-order valence-electron chi connectivity index (χ2n) is 6.65. The number of benzene rings is 2. The highest BCUT2D eigenvalue weighted by Crippen LogP contribution is 2.30. The maximum absolute atomic E-state index is 10.5. The molecule has 140 valence electrons. The van der Waals surface area contributed by atoms with E-state index in [1.807, 2.05) is 41.1 Å². The number of rotatable bonds is 10. The summed E-state index contributed by atoms with van der Waals surface area (Å²) in [4.78, 5) is 10.5. The summed E-state index contributed by atoms with van der Waals surface area (Å²) in [6.45, 7) is 0.809. The number of carbonyl (C=O) groups is 1. The summed E-state index contributed by atoms with van der Waals surface area (Å²) in [5.41, 5.74) is 4.13. The summed E-state index contributed by atoms with van der Waals surface area (Å²) in [6, 6.07) is 20.4. The molecule has 27 heavy (non-hydrogen) atoms. The average Bonchev–Trinajstić information content (AvgIpc) is 3.12. The molecule has 0 spiro atoms. The van der Waals surface area contributed by atoms with Gasteiger partial charge in [0.15, 0.2) is 0 Å². The molecule has 0 atom stereocenters. The number of aryl methyl sites for hydroxylation is 1. The van der Waals surface area contributed by atoms with Crippen LogP contribution in [0.1, 0.15) is 38.5 Å². The summed E-state index contributed by atoms with van der Waals surface area (Å²) in [7, 11) is 0. The van der Waals surface area contributed by atoms with Crippen molar-refractivity contribution in [1.82, 2.24) is 15.0 Å². The first-order valence-corrected chi connectivity index (χ1v) is 9.52. The van der Waals surface area contributed by atoms with E-state index in [0.29, 0.717) is 0 Å². The van der Waals surface area contributed by atoms with Crippen LogP contribution >= 0.6 is 0 Å². The maximum atomic E-state index is 10.5. The average molecular weight is 363 g/mol. The first-order chi connectivity index (χ1) is 13.3. The molecule has 0 saturated carbocycles. The number of carboxylic acid groups (broad SMARTS) is 1. The summed E-state index contributed by atoms with van der Waals surface area (Å²) < 4.78 is 1.99. The van der Waals surface area contributed by atoms with Gasteiger partial charge in [-0.25, -0.2) is 4.68 Å². The molecule has 1 heterocycles. The van der Waals surface area contributed by atoms with Crippen LogP contribution in [0.15, 0.2) is 60.7 Å². The van der Waals surface area contributed by atoms with Gasteiger partial charge in [0.1, 0.15) is 5.69 Å².